The van der Waals surface area contributed by atoms with E-state index in [0.717, 1.165) is 0 Å². The Morgan fingerprint density at radius 1 is 1.00 bits per heavy atom. The summed E-state index contributed by atoms with van der Waals surface area (Å²) in [7, 11) is -3.24. The second kappa shape index (κ2) is 6.22. The van der Waals surface area contributed by atoms with E-state index in [-0.39, 0.29) is 22.8 Å². The van der Waals surface area contributed by atoms with Gasteiger partial charge in [-0.25, -0.2) is 17.2 Å². The standard InChI is InChI=1S/C15H15F2NO2S/c1-2-21(19,20)12-8-6-11(7-9-12)18-10-13-14(16)4-3-5-15(13)17/h3-9,18H,2,10H2,1H3. The predicted molar refractivity (Wildman–Crippen MR) is 77.9 cm³/mol. The van der Waals surface area contributed by atoms with Crippen LogP contribution in [0.2, 0.25) is 0 Å². The van der Waals surface area contributed by atoms with Crippen molar-refractivity contribution in [3.05, 3.63) is 59.7 Å². The highest BCUT2D eigenvalue weighted by Crippen LogP contribution is 2.18. The van der Waals surface area contributed by atoms with Gasteiger partial charge in [0, 0.05) is 17.8 Å². The Balaban J connectivity index is 2.12. The molecule has 0 atom stereocenters. The first kappa shape index (κ1) is 15.4. The van der Waals surface area contributed by atoms with Crippen molar-refractivity contribution in [2.45, 2.75) is 18.4 Å². The van der Waals surface area contributed by atoms with Crippen molar-refractivity contribution in [3.63, 3.8) is 0 Å². The molecule has 0 fully saturated rings. The van der Waals surface area contributed by atoms with Gasteiger partial charge in [0.1, 0.15) is 11.6 Å². The molecule has 0 aliphatic heterocycles. The molecule has 21 heavy (non-hydrogen) atoms. The second-order valence-electron chi connectivity index (χ2n) is 4.48. The van der Waals surface area contributed by atoms with Gasteiger partial charge in [0.25, 0.3) is 0 Å². The average molecular weight is 311 g/mol. The van der Waals surface area contributed by atoms with E-state index < -0.39 is 21.5 Å². The molecule has 0 spiro atoms. The fraction of sp³-hybridized carbons (Fsp3) is 0.200. The summed E-state index contributed by atoms with van der Waals surface area (Å²) in [6.07, 6.45) is 0. The van der Waals surface area contributed by atoms with Gasteiger partial charge in [0.15, 0.2) is 9.84 Å². The van der Waals surface area contributed by atoms with Crippen LogP contribution in [0.4, 0.5) is 14.5 Å². The smallest absolute Gasteiger partial charge is 0.178 e. The molecule has 0 aromatic heterocycles. The van der Waals surface area contributed by atoms with E-state index in [4.69, 9.17) is 0 Å². The topological polar surface area (TPSA) is 46.2 Å². The lowest BCUT2D eigenvalue weighted by molar-refractivity contribution is 0.560. The molecule has 0 heterocycles. The zero-order chi connectivity index (χ0) is 15.5. The van der Waals surface area contributed by atoms with Crippen LogP contribution < -0.4 is 5.32 Å². The Hall–Kier alpha value is -1.95. The summed E-state index contributed by atoms with van der Waals surface area (Å²) in [4.78, 5) is 0.229. The highest BCUT2D eigenvalue weighted by atomic mass is 32.2. The minimum absolute atomic E-state index is 0.0155. The van der Waals surface area contributed by atoms with Crippen molar-refractivity contribution in [2.24, 2.45) is 0 Å². The molecular weight excluding hydrogens is 296 g/mol. The number of sulfone groups is 1. The molecule has 0 saturated carbocycles. The molecule has 112 valence electrons. The number of benzene rings is 2. The first-order valence-electron chi connectivity index (χ1n) is 6.43. The first-order valence-corrected chi connectivity index (χ1v) is 8.09. The van der Waals surface area contributed by atoms with E-state index in [1.807, 2.05) is 0 Å². The summed E-state index contributed by atoms with van der Waals surface area (Å²) >= 11 is 0. The van der Waals surface area contributed by atoms with Gasteiger partial charge in [0.05, 0.1) is 10.6 Å². The molecule has 0 aliphatic rings. The van der Waals surface area contributed by atoms with Crippen LogP contribution in [-0.2, 0) is 16.4 Å². The molecule has 0 bridgehead atoms. The van der Waals surface area contributed by atoms with Crippen LogP contribution in [0.1, 0.15) is 12.5 Å². The molecule has 0 saturated heterocycles. The van der Waals surface area contributed by atoms with Gasteiger partial charge in [-0.1, -0.05) is 13.0 Å². The van der Waals surface area contributed by atoms with Crippen molar-refractivity contribution in [2.75, 3.05) is 11.1 Å². The normalized spacial score (nSPS) is 11.4. The Kier molecular flexibility index (Phi) is 4.57. The minimum atomic E-state index is -3.24. The maximum atomic E-state index is 13.5. The van der Waals surface area contributed by atoms with E-state index in [1.54, 1.807) is 19.1 Å². The van der Waals surface area contributed by atoms with Crippen molar-refractivity contribution in [3.8, 4) is 0 Å². The summed E-state index contributed by atoms with van der Waals surface area (Å²) in [5.41, 5.74) is 0.537. The fourth-order valence-corrected chi connectivity index (χ4v) is 2.72. The SMILES string of the molecule is CCS(=O)(=O)c1ccc(NCc2c(F)cccc2F)cc1. The molecule has 0 amide bonds. The molecule has 0 aliphatic carbocycles. The van der Waals surface area contributed by atoms with Gasteiger partial charge in [-0.05, 0) is 36.4 Å². The molecule has 1 N–H and O–H groups in total. The van der Waals surface area contributed by atoms with Crippen LogP contribution in [0.25, 0.3) is 0 Å². The van der Waals surface area contributed by atoms with Crippen LogP contribution in [0.5, 0.6) is 0 Å². The number of nitrogens with one attached hydrogen (secondary N) is 1. The van der Waals surface area contributed by atoms with Gasteiger partial charge < -0.3 is 5.32 Å². The molecule has 2 aromatic carbocycles. The third kappa shape index (κ3) is 3.58. The Bertz CT molecular complexity index is 708. The zero-order valence-electron chi connectivity index (χ0n) is 11.4. The number of hydrogen-bond acceptors (Lipinski definition) is 3. The largest absolute Gasteiger partial charge is 0.381 e. The molecule has 3 nitrogen and oxygen atoms in total. The van der Waals surface area contributed by atoms with Crippen LogP contribution in [0, 0.1) is 11.6 Å². The molecule has 2 aromatic rings. The third-order valence-corrected chi connectivity index (χ3v) is 4.87. The summed E-state index contributed by atoms with van der Waals surface area (Å²) in [5.74, 6) is -1.21. The van der Waals surface area contributed by atoms with Gasteiger partial charge in [-0.3, -0.25) is 0 Å². The summed E-state index contributed by atoms with van der Waals surface area (Å²) in [5, 5.41) is 2.86. The molecule has 0 radical (unpaired) electrons. The van der Waals surface area contributed by atoms with Crippen LogP contribution in [0.15, 0.2) is 47.4 Å². The van der Waals surface area contributed by atoms with Crippen molar-refractivity contribution < 1.29 is 17.2 Å². The van der Waals surface area contributed by atoms with Gasteiger partial charge in [-0.2, -0.15) is 0 Å². The van der Waals surface area contributed by atoms with Gasteiger partial charge in [0.2, 0.25) is 0 Å². The maximum absolute atomic E-state index is 13.5. The van der Waals surface area contributed by atoms with Crippen molar-refractivity contribution >= 4 is 15.5 Å². The lowest BCUT2D eigenvalue weighted by Crippen LogP contribution is -2.06. The monoisotopic (exact) mass is 311 g/mol. The molecule has 6 heteroatoms. The van der Waals surface area contributed by atoms with Crippen molar-refractivity contribution in [1.82, 2.24) is 0 Å². The third-order valence-electron chi connectivity index (χ3n) is 3.12. The Labute approximate surface area is 122 Å². The number of hydrogen-bond donors (Lipinski definition) is 1. The second-order valence-corrected chi connectivity index (χ2v) is 6.76. The lowest BCUT2D eigenvalue weighted by Gasteiger charge is -2.09. The van der Waals surface area contributed by atoms with E-state index in [0.29, 0.717) is 5.69 Å². The highest BCUT2D eigenvalue weighted by Gasteiger charge is 2.11. The maximum Gasteiger partial charge on any atom is 0.178 e. The number of rotatable bonds is 5. The van der Waals surface area contributed by atoms with Gasteiger partial charge in [-0.15, -0.1) is 0 Å². The van der Waals surface area contributed by atoms with Crippen molar-refractivity contribution in [1.29, 1.82) is 0 Å². The van der Waals surface area contributed by atoms with Crippen LogP contribution >= 0.6 is 0 Å². The number of anilines is 1. The van der Waals surface area contributed by atoms with E-state index in [1.165, 1.54) is 30.3 Å². The highest BCUT2D eigenvalue weighted by molar-refractivity contribution is 7.91. The summed E-state index contributed by atoms with van der Waals surface area (Å²) in [6.45, 7) is 1.56. The number of halogens is 2. The predicted octanol–water partition coefficient (Wildman–Crippen LogP) is 3.37. The fourth-order valence-electron chi connectivity index (χ4n) is 1.84. The lowest BCUT2D eigenvalue weighted by atomic mass is 10.2. The van der Waals surface area contributed by atoms with Gasteiger partial charge >= 0.3 is 0 Å². The average Bonchev–Trinajstić information content (AvgIpc) is 2.47. The summed E-state index contributed by atoms with van der Waals surface area (Å²) in [6, 6.07) is 9.77. The minimum Gasteiger partial charge on any atom is -0.381 e. The molecule has 0 unspecified atom stereocenters. The van der Waals surface area contributed by atoms with Crippen LogP contribution in [-0.4, -0.2) is 14.2 Å². The summed E-state index contributed by atoms with van der Waals surface area (Å²) < 4.78 is 50.2. The van der Waals surface area contributed by atoms with E-state index >= 15 is 0 Å². The molecular formula is C15H15F2NO2S. The quantitative estimate of drug-likeness (QED) is 0.921. The Morgan fingerprint density at radius 3 is 2.10 bits per heavy atom. The van der Waals surface area contributed by atoms with E-state index in [9.17, 15) is 17.2 Å². The van der Waals surface area contributed by atoms with E-state index in [2.05, 4.69) is 5.32 Å². The zero-order valence-corrected chi connectivity index (χ0v) is 12.3. The first-order chi connectivity index (χ1) is 9.94. The molecule has 2 rings (SSSR count). The Morgan fingerprint density at radius 2 is 1.57 bits per heavy atom. The van der Waals surface area contributed by atoms with Crippen LogP contribution in [0.3, 0.4) is 0 Å².